The molecule has 0 N–H and O–H groups in total. The molecule has 0 aromatic heterocycles. The fourth-order valence-corrected chi connectivity index (χ4v) is 9.55. The Morgan fingerprint density at radius 1 is 0.421 bits per heavy atom. The van der Waals surface area contributed by atoms with Gasteiger partial charge in [-0.05, 0) is 91.5 Å². The van der Waals surface area contributed by atoms with Gasteiger partial charge in [-0.1, -0.05) is 172 Å². The summed E-state index contributed by atoms with van der Waals surface area (Å²) in [4.78, 5) is 9.90. The highest BCUT2D eigenvalue weighted by Crippen LogP contribution is 2.60. The third-order valence-corrected chi connectivity index (χ3v) is 12.2. The van der Waals surface area contributed by atoms with Crippen molar-refractivity contribution in [3.63, 3.8) is 0 Å². The fourth-order valence-electron chi connectivity index (χ4n) is 9.55. The Kier molecular flexibility index (Phi) is 7.82. The first-order valence-electron chi connectivity index (χ1n) is 19.3. The topological polar surface area (TPSA) is 12.0 Å². The summed E-state index contributed by atoms with van der Waals surface area (Å²) in [6.07, 6.45) is 0. The Bertz CT molecular complexity index is 2870. The van der Waals surface area contributed by atoms with Crippen molar-refractivity contribution in [3.05, 3.63) is 244 Å². The number of fused-ring (bicyclic) bond motifs is 6. The third-order valence-electron chi connectivity index (χ3n) is 12.2. The van der Waals surface area contributed by atoms with Crippen molar-refractivity contribution in [2.45, 2.75) is 24.7 Å². The normalized spacial score (nSPS) is 13.7. The largest absolute Gasteiger partial charge is 0.310 e. The van der Waals surface area contributed by atoms with E-state index in [4.69, 9.17) is 13.1 Å². The second-order valence-corrected chi connectivity index (χ2v) is 15.5. The van der Waals surface area contributed by atoms with E-state index in [1.807, 2.05) is 24.3 Å². The smallest absolute Gasteiger partial charge is 0.187 e. The van der Waals surface area contributed by atoms with Gasteiger partial charge in [-0.3, -0.25) is 0 Å². The van der Waals surface area contributed by atoms with Crippen molar-refractivity contribution >= 4 is 28.4 Å². The monoisotopic (exact) mass is 727 g/mol. The first kappa shape index (κ1) is 34.1. The van der Waals surface area contributed by atoms with Gasteiger partial charge in [0.15, 0.2) is 11.4 Å². The van der Waals surface area contributed by atoms with E-state index >= 15 is 0 Å². The molecule has 0 spiro atoms. The van der Waals surface area contributed by atoms with E-state index in [0.29, 0.717) is 11.4 Å². The molecule has 8 aromatic rings. The summed E-state index contributed by atoms with van der Waals surface area (Å²) in [6.45, 7) is 20.1. The Labute approximate surface area is 334 Å². The lowest BCUT2D eigenvalue weighted by atomic mass is 9.67. The molecule has 0 saturated carbocycles. The number of rotatable bonds is 6. The van der Waals surface area contributed by atoms with Gasteiger partial charge in [-0.15, -0.1) is 0 Å². The summed E-state index contributed by atoms with van der Waals surface area (Å²) >= 11 is 0. The zero-order valence-electron chi connectivity index (χ0n) is 31.7. The minimum Gasteiger partial charge on any atom is -0.310 e. The van der Waals surface area contributed by atoms with Crippen molar-refractivity contribution in [3.8, 4) is 33.4 Å². The zero-order valence-corrected chi connectivity index (χ0v) is 31.7. The van der Waals surface area contributed by atoms with E-state index in [2.05, 4.69) is 192 Å². The maximum atomic E-state index is 7.72. The first-order chi connectivity index (χ1) is 27.9. The Morgan fingerprint density at radius 2 is 0.947 bits per heavy atom. The number of hydrogen-bond donors (Lipinski definition) is 0. The predicted octanol–water partition coefficient (Wildman–Crippen LogP) is 14.6. The van der Waals surface area contributed by atoms with Crippen LogP contribution in [0.15, 0.2) is 188 Å². The van der Waals surface area contributed by atoms with E-state index in [1.165, 1.54) is 38.9 Å². The lowest BCUT2D eigenvalue weighted by molar-refractivity contribution is 0.660. The van der Waals surface area contributed by atoms with Gasteiger partial charge in [0.25, 0.3) is 0 Å². The Morgan fingerprint density at radius 3 is 1.60 bits per heavy atom. The standard InChI is InChI=1S/C54H37N3/c1-53(2)47-17-10-8-15-44(47)45-34-33-43(35-50(45)53)57(42-31-21-37(22-32-42)36-13-6-5-7-14-36)51-20-12-19-49-52(51)46-16-9-11-18-48(46)54(49,38-23-27-40(55-3)28-24-38)39-25-29-41(56-4)30-26-39/h5-35H,1-2H3. The number of hydrogen-bond acceptors (Lipinski definition) is 1. The molecule has 57 heavy (non-hydrogen) atoms. The Hall–Kier alpha value is -7.46. The second kappa shape index (κ2) is 13.1. The van der Waals surface area contributed by atoms with Crippen LogP contribution in [0.25, 0.3) is 43.1 Å². The lowest BCUT2D eigenvalue weighted by Crippen LogP contribution is -2.28. The minimum atomic E-state index is -0.701. The van der Waals surface area contributed by atoms with E-state index in [1.54, 1.807) is 0 Å². The fraction of sp³-hybridized carbons (Fsp3) is 0.0741. The lowest BCUT2D eigenvalue weighted by Gasteiger charge is -2.35. The summed E-state index contributed by atoms with van der Waals surface area (Å²) in [5, 5.41) is 0. The average Bonchev–Trinajstić information content (AvgIpc) is 3.70. The van der Waals surface area contributed by atoms with Gasteiger partial charge in [0.2, 0.25) is 0 Å². The van der Waals surface area contributed by atoms with Gasteiger partial charge in [0, 0.05) is 22.4 Å². The van der Waals surface area contributed by atoms with Crippen LogP contribution < -0.4 is 4.90 Å². The van der Waals surface area contributed by atoms with E-state index in [9.17, 15) is 0 Å². The molecular formula is C54H37N3. The van der Waals surface area contributed by atoms with Crippen LogP contribution in [0.5, 0.6) is 0 Å². The molecule has 8 aromatic carbocycles. The van der Waals surface area contributed by atoms with E-state index in [-0.39, 0.29) is 5.41 Å². The molecule has 3 heteroatoms. The molecule has 0 heterocycles. The van der Waals surface area contributed by atoms with Crippen LogP contribution in [0.2, 0.25) is 0 Å². The molecular weight excluding hydrogens is 691 g/mol. The summed E-state index contributed by atoms with van der Waals surface area (Å²) in [5.41, 5.74) is 18.0. The van der Waals surface area contributed by atoms with Crippen molar-refractivity contribution in [1.29, 1.82) is 0 Å². The van der Waals surface area contributed by atoms with Gasteiger partial charge < -0.3 is 4.90 Å². The highest BCUT2D eigenvalue weighted by molar-refractivity contribution is 5.98. The maximum Gasteiger partial charge on any atom is 0.187 e. The van der Waals surface area contributed by atoms with Crippen molar-refractivity contribution in [2.75, 3.05) is 4.90 Å². The van der Waals surface area contributed by atoms with Crippen molar-refractivity contribution in [1.82, 2.24) is 0 Å². The second-order valence-electron chi connectivity index (χ2n) is 15.5. The molecule has 268 valence electrons. The molecule has 10 rings (SSSR count). The average molecular weight is 728 g/mol. The minimum absolute atomic E-state index is 0.167. The van der Waals surface area contributed by atoms with Gasteiger partial charge in [0.05, 0.1) is 24.2 Å². The van der Waals surface area contributed by atoms with Crippen LogP contribution in [0.4, 0.5) is 28.4 Å². The molecule has 3 nitrogen and oxygen atoms in total. The number of anilines is 3. The quantitative estimate of drug-likeness (QED) is 0.155. The summed E-state index contributed by atoms with van der Waals surface area (Å²) in [6, 6.07) is 66.9. The molecule has 0 saturated heterocycles. The number of benzene rings is 8. The first-order valence-corrected chi connectivity index (χ1v) is 19.3. The van der Waals surface area contributed by atoms with Gasteiger partial charge in [-0.25, -0.2) is 9.69 Å². The van der Waals surface area contributed by atoms with Crippen LogP contribution in [0.1, 0.15) is 47.2 Å². The van der Waals surface area contributed by atoms with Gasteiger partial charge in [-0.2, -0.15) is 0 Å². The molecule has 0 radical (unpaired) electrons. The molecule has 0 amide bonds. The molecule has 0 bridgehead atoms. The van der Waals surface area contributed by atoms with E-state index in [0.717, 1.165) is 44.9 Å². The van der Waals surface area contributed by atoms with Crippen LogP contribution in [0, 0.1) is 13.1 Å². The highest BCUT2D eigenvalue weighted by Gasteiger charge is 2.47. The third kappa shape index (κ3) is 5.10. The van der Waals surface area contributed by atoms with E-state index < -0.39 is 5.41 Å². The summed E-state index contributed by atoms with van der Waals surface area (Å²) < 4.78 is 0. The predicted molar refractivity (Wildman–Crippen MR) is 234 cm³/mol. The molecule has 2 aliphatic carbocycles. The van der Waals surface area contributed by atoms with Crippen molar-refractivity contribution in [2.24, 2.45) is 0 Å². The highest BCUT2D eigenvalue weighted by atomic mass is 15.1. The van der Waals surface area contributed by atoms with Gasteiger partial charge in [0.1, 0.15) is 0 Å². The van der Waals surface area contributed by atoms with Crippen molar-refractivity contribution < 1.29 is 0 Å². The van der Waals surface area contributed by atoms with Crippen LogP contribution in [-0.4, -0.2) is 0 Å². The Balaban J connectivity index is 1.25. The molecule has 0 unspecified atom stereocenters. The molecule has 2 aliphatic rings. The van der Waals surface area contributed by atoms with Crippen LogP contribution in [-0.2, 0) is 10.8 Å². The molecule has 0 fully saturated rings. The molecule has 0 atom stereocenters. The zero-order chi connectivity index (χ0) is 38.7. The van der Waals surface area contributed by atoms with Gasteiger partial charge >= 0.3 is 0 Å². The molecule has 0 aliphatic heterocycles. The van der Waals surface area contributed by atoms with Crippen LogP contribution >= 0.6 is 0 Å². The maximum absolute atomic E-state index is 7.72. The summed E-state index contributed by atoms with van der Waals surface area (Å²) in [7, 11) is 0. The summed E-state index contributed by atoms with van der Waals surface area (Å²) in [5.74, 6) is 0. The SMILES string of the molecule is [C-]#[N+]c1ccc(C2(c3ccc([N+]#[C-])cc3)c3ccccc3-c3c(N(c4ccc(-c5ccccc5)cc4)c4ccc5c(c4)C(C)(C)c4ccccc4-5)cccc32)cc1. The number of nitrogens with zero attached hydrogens (tertiary/aromatic N) is 3. The van der Waals surface area contributed by atoms with Crippen LogP contribution in [0.3, 0.4) is 0 Å².